The van der Waals surface area contributed by atoms with Crippen molar-refractivity contribution < 1.29 is 28.7 Å². The molecule has 1 aliphatic heterocycles. The van der Waals surface area contributed by atoms with Crippen molar-refractivity contribution in [3.63, 3.8) is 0 Å². The van der Waals surface area contributed by atoms with Gasteiger partial charge >= 0.3 is 0 Å². The average molecular weight is 812 g/mol. The number of carbonyl (C=O) groups is 4. The van der Waals surface area contributed by atoms with E-state index >= 15 is 0 Å². The molecule has 1 aromatic carbocycles. The summed E-state index contributed by atoms with van der Waals surface area (Å²) in [7, 11) is 8.63. The van der Waals surface area contributed by atoms with Gasteiger partial charge in [0.15, 0.2) is 0 Å². The molecule has 0 spiro atoms. The summed E-state index contributed by atoms with van der Waals surface area (Å²) in [5, 5.41) is 14.6. The molecule has 2 heterocycles. The molecule has 4 N–H and O–H groups in total. The third-order valence-electron chi connectivity index (χ3n) is 11.8. The molecule has 1 saturated heterocycles. The van der Waals surface area contributed by atoms with Crippen LogP contribution in [0.5, 0.6) is 0 Å². The maximum Gasteiger partial charge on any atom is 0.245 e. The predicted molar refractivity (Wildman–Crippen MR) is 225 cm³/mol. The van der Waals surface area contributed by atoms with E-state index in [-0.39, 0.29) is 66.4 Å². The van der Waals surface area contributed by atoms with Crippen molar-refractivity contribution in [1.29, 1.82) is 0 Å². The van der Waals surface area contributed by atoms with Crippen LogP contribution in [0.4, 0.5) is 0 Å². The Morgan fingerprint density at radius 2 is 1.62 bits per heavy atom. The molecular formula is C43H73N9O6. The van der Waals surface area contributed by atoms with Crippen LogP contribution in [0.15, 0.2) is 36.5 Å². The summed E-state index contributed by atoms with van der Waals surface area (Å²) in [6.07, 6.45) is 3.40. The molecule has 3 rings (SSSR count). The number of nitrogens with two attached hydrogens (primary N) is 1. The van der Waals surface area contributed by atoms with Crippen molar-refractivity contribution in [2.24, 2.45) is 29.4 Å². The lowest BCUT2D eigenvalue weighted by Crippen LogP contribution is -2.59. The van der Waals surface area contributed by atoms with Gasteiger partial charge in [-0.25, -0.2) is 0 Å². The molecule has 1 aliphatic rings. The zero-order valence-electron chi connectivity index (χ0n) is 37.2. The molecule has 0 radical (unpaired) electrons. The van der Waals surface area contributed by atoms with Crippen molar-refractivity contribution >= 4 is 23.6 Å². The molecule has 4 amide bonds. The van der Waals surface area contributed by atoms with Gasteiger partial charge in [-0.05, 0) is 56.7 Å². The SMILES string of the molecule is CC[C@H](C)[C@@H](C(CC(=O)N1CCC[C@H]1[C@@H](OC)C(C)C(=O)N[C@H](Cc1ccccc1)Cn1cc(CN)nn1)OC)N(C)C(=O)[C@@H](NC(=O)[C@H](C(C)C)N(C)C)C(C)C. The van der Waals surface area contributed by atoms with E-state index in [1.807, 2.05) is 88.8 Å². The van der Waals surface area contributed by atoms with E-state index in [1.54, 1.807) is 37.0 Å². The van der Waals surface area contributed by atoms with Gasteiger partial charge in [0, 0.05) is 40.6 Å². The fraction of sp³-hybridized carbons (Fsp3) is 0.721. The molecule has 9 atom stereocenters. The minimum atomic E-state index is -0.761. The molecule has 2 unspecified atom stereocenters. The van der Waals surface area contributed by atoms with Gasteiger partial charge in [-0.15, -0.1) is 5.10 Å². The normalized spacial score (nSPS) is 18.7. The maximum absolute atomic E-state index is 14.3. The Hall–Kier alpha value is -3.92. The largest absolute Gasteiger partial charge is 0.379 e. The van der Waals surface area contributed by atoms with Gasteiger partial charge < -0.3 is 35.6 Å². The molecule has 15 nitrogen and oxygen atoms in total. The van der Waals surface area contributed by atoms with Crippen LogP contribution in [0.25, 0.3) is 0 Å². The number of nitrogens with one attached hydrogen (secondary N) is 2. The van der Waals surface area contributed by atoms with E-state index < -0.39 is 36.3 Å². The highest BCUT2D eigenvalue weighted by molar-refractivity contribution is 5.90. The molecular weight excluding hydrogens is 739 g/mol. The molecule has 0 bridgehead atoms. The second kappa shape index (κ2) is 23.0. The molecule has 0 aliphatic carbocycles. The van der Waals surface area contributed by atoms with Crippen LogP contribution in [0, 0.1) is 23.7 Å². The Morgan fingerprint density at radius 3 is 2.16 bits per heavy atom. The first-order valence-electron chi connectivity index (χ1n) is 21.0. The van der Waals surface area contributed by atoms with Gasteiger partial charge in [-0.2, -0.15) is 0 Å². The number of likely N-dealkylation sites (N-methyl/N-ethyl adjacent to an activating group) is 2. The molecule has 15 heteroatoms. The summed E-state index contributed by atoms with van der Waals surface area (Å²) in [5.41, 5.74) is 7.50. The number of benzene rings is 1. The second-order valence-electron chi connectivity index (χ2n) is 17.0. The number of rotatable bonds is 23. The third kappa shape index (κ3) is 12.8. The van der Waals surface area contributed by atoms with Crippen LogP contribution in [0.1, 0.15) is 85.4 Å². The number of hydrogen-bond acceptors (Lipinski definition) is 10. The number of likely N-dealkylation sites (tertiary alicyclic amines) is 1. The van der Waals surface area contributed by atoms with Gasteiger partial charge in [-0.3, -0.25) is 28.8 Å². The number of carbonyl (C=O) groups excluding carboxylic acids is 4. The number of ether oxygens (including phenoxy) is 2. The monoisotopic (exact) mass is 812 g/mol. The van der Waals surface area contributed by atoms with Crippen molar-refractivity contribution in [2.45, 2.75) is 136 Å². The molecule has 326 valence electrons. The summed E-state index contributed by atoms with van der Waals surface area (Å²) in [6, 6.07) is 7.71. The predicted octanol–water partition coefficient (Wildman–Crippen LogP) is 3.11. The number of amides is 4. The van der Waals surface area contributed by atoms with Crippen LogP contribution < -0.4 is 16.4 Å². The van der Waals surface area contributed by atoms with Crippen LogP contribution in [0.2, 0.25) is 0 Å². The Morgan fingerprint density at radius 1 is 0.948 bits per heavy atom. The Kier molecular flexibility index (Phi) is 19.2. The van der Waals surface area contributed by atoms with Crippen LogP contribution in [-0.4, -0.2) is 138 Å². The number of nitrogens with zero attached hydrogens (tertiary/aromatic N) is 6. The smallest absolute Gasteiger partial charge is 0.245 e. The lowest BCUT2D eigenvalue weighted by Gasteiger charge is -2.41. The lowest BCUT2D eigenvalue weighted by atomic mass is 9.89. The minimum Gasteiger partial charge on any atom is -0.379 e. The van der Waals surface area contributed by atoms with Crippen molar-refractivity contribution in [3.8, 4) is 0 Å². The van der Waals surface area contributed by atoms with Crippen molar-refractivity contribution in [3.05, 3.63) is 47.8 Å². The Labute approximate surface area is 347 Å². The highest BCUT2D eigenvalue weighted by Crippen LogP contribution is 2.30. The fourth-order valence-electron chi connectivity index (χ4n) is 8.55. The van der Waals surface area contributed by atoms with Gasteiger partial charge in [0.1, 0.15) is 6.04 Å². The fourth-order valence-corrected chi connectivity index (χ4v) is 8.55. The van der Waals surface area contributed by atoms with E-state index in [2.05, 4.69) is 34.8 Å². The standard InChI is InChI=1S/C43H73N9O6/c1-13-29(6)39(50(10)43(56)37(27(2)3)46-42(55)38(28(4)5)49(8)9)35(57-11)23-36(53)52-21-17-20-34(52)40(58-12)30(7)41(54)45-32(22-31-18-15-14-16-19-31)25-51-26-33(24-44)47-48-51/h14-16,18-19,26-30,32,34-35,37-40H,13,17,20-25,44H2,1-12H3,(H,45,54)(H,46,55)/t29-,30?,32+,34-,35?,37-,38-,39-,40-/m0/s1. The third-order valence-corrected chi connectivity index (χ3v) is 11.8. The molecule has 2 aromatic rings. The second-order valence-corrected chi connectivity index (χ2v) is 17.0. The molecule has 0 saturated carbocycles. The first-order chi connectivity index (χ1) is 27.5. The van der Waals surface area contributed by atoms with Crippen molar-refractivity contribution in [1.82, 2.24) is 40.3 Å². The zero-order valence-corrected chi connectivity index (χ0v) is 37.2. The van der Waals surface area contributed by atoms with Crippen LogP contribution in [-0.2, 0) is 48.2 Å². The summed E-state index contributed by atoms with van der Waals surface area (Å²) < 4.78 is 13.8. The van der Waals surface area contributed by atoms with Gasteiger partial charge in [0.05, 0.1) is 61.0 Å². The minimum absolute atomic E-state index is 0.0199. The van der Waals surface area contributed by atoms with Crippen LogP contribution in [0.3, 0.4) is 0 Å². The number of hydrogen-bond donors (Lipinski definition) is 3. The van der Waals surface area contributed by atoms with E-state index in [0.29, 0.717) is 31.6 Å². The summed E-state index contributed by atoms with van der Waals surface area (Å²) in [6.45, 7) is 15.0. The van der Waals surface area contributed by atoms with Crippen LogP contribution >= 0.6 is 0 Å². The van der Waals surface area contributed by atoms with E-state index in [1.165, 1.54) is 0 Å². The highest BCUT2D eigenvalue weighted by atomic mass is 16.5. The van der Waals surface area contributed by atoms with Gasteiger partial charge in [0.25, 0.3) is 0 Å². The van der Waals surface area contributed by atoms with Gasteiger partial charge in [0.2, 0.25) is 23.6 Å². The summed E-state index contributed by atoms with van der Waals surface area (Å²) in [5.74, 6) is -1.47. The lowest BCUT2D eigenvalue weighted by molar-refractivity contribution is -0.148. The molecule has 1 fully saturated rings. The quantitative estimate of drug-likeness (QED) is 0.151. The maximum atomic E-state index is 14.3. The van der Waals surface area contributed by atoms with E-state index in [9.17, 15) is 19.2 Å². The first-order valence-corrected chi connectivity index (χ1v) is 21.0. The zero-order chi connectivity index (χ0) is 43.3. The Bertz CT molecular complexity index is 1580. The number of methoxy groups -OCH3 is 2. The molecule has 58 heavy (non-hydrogen) atoms. The van der Waals surface area contributed by atoms with E-state index in [0.717, 1.165) is 18.4 Å². The first kappa shape index (κ1) is 48.4. The average Bonchev–Trinajstić information content (AvgIpc) is 3.86. The molecule has 1 aromatic heterocycles. The Balaban J connectivity index is 1.79. The van der Waals surface area contributed by atoms with E-state index in [4.69, 9.17) is 15.2 Å². The summed E-state index contributed by atoms with van der Waals surface area (Å²) >= 11 is 0. The summed E-state index contributed by atoms with van der Waals surface area (Å²) in [4.78, 5) is 61.5. The number of aromatic nitrogens is 3. The van der Waals surface area contributed by atoms with Crippen molar-refractivity contribution in [2.75, 3.05) is 41.9 Å². The topological polar surface area (TPSA) is 177 Å². The highest BCUT2D eigenvalue weighted by Gasteiger charge is 2.43. The van der Waals surface area contributed by atoms with Gasteiger partial charge in [-0.1, -0.05) is 90.4 Å².